The standard InChI is InChI=1S/C21H24N4O3S/c1-4-26-16-12-11-15(19(13-16)28-6-3)14-22-25-20(23-24-21(25)29)17-9-7-8-10-18(17)27-5-2/h7-14H,4-6H2,1-3H3,(H,24,29)/b22-14-. The lowest BCUT2D eigenvalue weighted by molar-refractivity contribution is 0.323. The first-order valence-corrected chi connectivity index (χ1v) is 9.92. The molecule has 152 valence electrons. The van der Waals surface area contributed by atoms with Gasteiger partial charge in [0.25, 0.3) is 0 Å². The Morgan fingerprint density at radius 3 is 2.48 bits per heavy atom. The van der Waals surface area contributed by atoms with E-state index in [4.69, 9.17) is 26.4 Å². The fourth-order valence-corrected chi connectivity index (χ4v) is 2.96. The Kier molecular flexibility index (Phi) is 7.02. The van der Waals surface area contributed by atoms with Crippen LogP contribution in [0.25, 0.3) is 11.4 Å². The number of aromatic amines is 1. The van der Waals surface area contributed by atoms with Gasteiger partial charge in [0.1, 0.15) is 17.2 Å². The average Bonchev–Trinajstić information content (AvgIpc) is 3.09. The molecule has 0 spiro atoms. The van der Waals surface area contributed by atoms with Gasteiger partial charge in [-0.1, -0.05) is 12.1 Å². The number of para-hydroxylation sites is 1. The van der Waals surface area contributed by atoms with E-state index >= 15 is 0 Å². The number of hydrogen-bond donors (Lipinski definition) is 1. The van der Waals surface area contributed by atoms with Crippen LogP contribution in [0, 0.1) is 4.77 Å². The summed E-state index contributed by atoms with van der Waals surface area (Å²) in [7, 11) is 0. The van der Waals surface area contributed by atoms with Gasteiger partial charge in [0.2, 0.25) is 4.77 Å². The van der Waals surface area contributed by atoms with Crippen molar-refractivity contribution in [1.82, 2.24) is 14.9 Å². The molecule has 3 aromatic rings. The van der Waals surface area contributed by atoms with Crippen LogP contribution in [0.4, 0.5) is 0 Å². The Labute approximate surface area is 174 Å². The number of hydrogen-bond acceptors (Lipinski definition) is 6. The van der Waals surface area contributed by atoms with Crippen LogP contribution in [0.1, 0.15) is 26.3 Å². The highest BCUT2D eigenvalue weighted by Gasteiger charge is 2.13. The number of nitrogens with one attached hydrogen (secondary N) is 1. The second-order valence-corrected chi connectivity index (χ2v) is 6.29. The van der Waals surface area contributed by atoms with Crippen LogP contribution >= 0.6 is 12.2 Å². The third-order valence-corrected chi connectivity index (χ3v) is 4.25. The monoisotopic (exact) mass is 412 g/mol. The molecule has 1 heterocycles. The summed E-state index contributed by atoms with van der Waals surface area (Å²) in [6.45, 7) is 7.49. The summed E-state index contributed by atoms with van der Waals surface area (Å²) in [4.78, 5) is 0. The maximum Gasteiger partial charge on any atom is 0.216 e. The Hall–Kier alpha value is -3.13. The predicted octanol–water partition coefficient (Wildman–Crippen LogP) is 4.69. The Morgan fingerprint density at radius 2 is 1.72 bits per heavy atom. The van der Waals surface area contributed by atoms with Gasteiger partial charge in [-0.3, -0.25) is 0 Å². The van der Waals surface area contributed by atoms with Crippen LogP contribution < -0.4 is 14.2 Å². The first kappa shape index (κ1) is 20.6. The molecule has 0 atom stereocenters. The van der Waals surface area contributed by atoms with Crippen molar-refractivity contribution in [3.63, 3.8) is 0 Å². The summed E-state index contributed by atoms with van der Waals surface area (Å²) in [5, 5.41) is 11.7. The maximum absolute atomic E-state index is 5.74. The molecule has 1 N–H and O–H groups in total. The summed E-state index contributed by atoms with van der Waals surface area (Å²) >= 11 is 5.37. The maximum atomic E-state index is 5.74. The van der Waals surface area contributed by atoms with Crippen molar-refractivity contribution in [3.05, 3.63) is 52.8 Å². The lowest BCUT2D eigenvalue weighted by Gasteiger charge is -2.10. The van der Waals surface area contributed by atoms with E-state index in [2.05, 4.69) is 15.3 Å². The van der Waals surface area contributed by atoms with Crippen molar-refractivity contribution in [3.8, 4) is 28.6 Å². The van der Waals surface area contributed by atoms with E-state index in [1.54, 1.807) is 10.9 Å². The second kappa shape index (κ2) is 9.88. The second-order valence-electron chi connectivity index (χ2n) is 5.90. The molecule has 0 aliphatic rings. The molecule has 1 aromatic heterocycles. The van der Waals surface area contributed by atoms with Crippen LogP contribution in [0.2, 0.25) is 0 Å². The molecule has 2 aromatic carbocycles. The number of aromatic nitrogens is 3. The van der Waals surface area contributed by atoms with E-state index in [1.165, 1.54) is 0 Å². The molecule has 0 bridgehead atoms. The van der Waals surface area contributed by atoms with Gasteiger partial charge in [0.15, 0.2) is 5.82 Å². The minimum Gasteiger partial charge on any atom is -0.494 e. The molecule has 0 amide bonds. The Bertz CT molecular complexity index is 1040. The van der Waals surface area contributed by atoms with Gasteiger partial charge in [-0.15, -0.1) is 0 Å². The van der Waals surface area contributed by atoms with E-state index < -0.39 is 0 Å². The summed E-state index contributed by atoms with van der Waals surface area (Å²) < 4.78 is 19.0. The molecule has 29 heavy (non-hydrogen) atoms. The molecular weight excluding hydrogens is 388 g/mol. The van der Waals surface area contributed by atoms with E-state index in [9.17, 15) is 0 Å². The van der Waals surface area contributed by atoms with Gasteiger partial charge in [-0.25, -0.2) is 5.10 Å². The fourth-order valence-electron chi connectivity index (χ4n) is 2.78. The number of benzene rings is 2. The normalized spacial score (nSPS) is 11.0. The number of rotatable bonds is 9. The smallest absolute Gasteiger partial charge is 0.216 e. The summed E-state index contributed by atoms with van der Waals surface area (Å²) in [5.74, 6) is 2.73. The van der Waals surface area contributed by atoms with Crippen LogP contribution in [-0.2, 0) is 0 Å². The molecule has 0 aliphatic carbocycles. The molecule has 0 fully saturated rings. The minimum absolute atomic E-state index is 0.381. The molecule has 7 nitrogen and oxygen atoms in total. The molecule has 0 saturated heterocycles. The van der Waals surface area contributed by atoms with Crippen molar-refractivity contribution in [2.45, 2.75) is 20.8 Å². The summed E-state index contributed by atoms with van der Waals surface area (Å²) in [6.07, 6.45) is 1.69. The Morgan fingerprint density at radius 1 is 1.00 bits per heavy atom. The first-order chi connectivity index (χ1) is 14.2. The quantitative estimate of drug-likeness (QED) is 0.408. The Balaban J connectivity index is 1.99. The van der Waals surface area contributed by atoms with Crippen molar-refractivity contribution >= 4 is 18.4 Å². The number of ether oxygens (including phenoxy) is 3. The van der Waals surface area contributed by atoms with Crippen molar-refractivity contribution in [1.29, 1.82) is 0 Å². The average molecular weight is 413 g/mol. The zero-order chi connectivity index (χ0) is 20.6. The highest BCUT2D eigenvalue weighted by Crippen LogP contribution is 2.29. The summed E-state index contributed by atoms with van der Waals surface area (Å²) in [6, 6.07) is 13.3. The molecule has 0 saturated carbocycles. The molecular formula is C21H24N4O3S. The van der Waals surface area contributed by atoms with Gasteiger partial charge in [0.05, 0.1) is 31.6 Å². The number of H-pyrrole nitrogens is 1. The van der Waals surface area contributed by atoms with Crippen molar-refractivity contribution < 1.29 is 14.2 Å². The van der Waals surface area contributed by atoms with E-state index in [1.807, 2.05) is 63.2 Å². The fraction of sp³-hybridized carbons (Fsp3) is 0.286. The predicted molar refractivity (Wildman–Crippen MR) is 116 cm³/mol. The highest BCUT2D eigenvalue weighted by atomic mass is 32.1. The van der Waals surface area contributed by atoms with Gasteiger partial charge in [-0.2, -0.15) is 14.9 Å². The van der Waals surface area contributed by atoms with Gasteiger partial charge in [-0.05, 0) is 57.3 Å². The van der Waals surface area contributed by atoms with Crippen LogP contribution in [-0.4, -0.2) is 40.9 Å². The molecule has 0 unspecified atom stereocenters. The van der Waals surface area contributed by atoms with Gasteiger partial charge < -0.3 is 14.2 Å². The van der Waals surface area contributed by atoms with Crippen molar-refractivity contribution in [2.75, 3.05) is 19.8 Å². The zero-order valence-electron chi connectivity index (χ0n) is 16.7. The molecule has 8 heteroatoms. The van der Waals surface area contributed by atoms with E-state index in [0.717, 1.165) is 22.6 Å². The topological polar surface area (TPSA) is 73.7 Å². The SMILES string of the molecule is CCOc1ccc(/C=N\n2c(-c3ccccc3OCC)n[nH]c2=S)c(OCC)c1. The van der Waals surface area contributed by atoms with Crippen LogP contribution in [0.3, 0.4) is 0 Å². The largest absolute Gasteiger partial charge is 0.494 e. The number of nitrogens with zero attached hydrogens (tertiary/aromatic N) is 3. The highest BCUT2D eigenvalue weighted by molar-refractivity contribution is 7.71. The first-order valence-electron chi connectivity index (χ1n) is 9.51. The van der Waals surface area contributed by atoms with Gasteiger partial charge in [0, 0.05) is 11.6 Å². The lowest BCUT2D eigenvalue weighted by atomic mass is 10.2. The third kappa shape index (κ3) is 4.83. The third-order valence-electron chi connectivity index (χ3n) is 3.99. The lowest BCUT2D eigenvalue weighted by Crippen LogP contribution is -2.01. The van der Waals surface area contributed by atoms with E-state index in [-0.39, 0.29) is 0 Å². The van der Waals surface area contributed by atoms with Gasteiger partial charge >= 0.3 is 0 Å². The zero-order valence-corrected chi connectivity index (χ0v) is 17.5. The molecule has 3 rings (SSSR count). The van der Waals surface area contributed by atoms with Crippen molar-refractivity contribution in [2.24, 2.45) is 5.10 Å². The molecule has 0 radical (unpaired) electrons. The molecule has 0 aliphatic heterocycles. The van der Waals surface area contributed by atoms with Crippen LogP contribution in [0.15, 0.2) is 47.6 Å². The van der Waals surface area contributed by atoms with Crippen LogP contribution in [0.5, 0.6) is 17.2 Å². The summed E-state index contributed by atoms with van der Waals surface area (Å²) in [5.41, 5.74) is 1.61. The minimum atomic E-state index is 0.381. The van der Waals surface area contributed by atoms with E-state index in [0.29, 0.717) is 36.2 Å².